The highest BCUT2D eigenvalue weighted by Crippen LogP contribution is 2.35. The minimum Gasteiger partial charge on any atom is -0.459 e. The van der Waals surface area contributed by atoms with Gasteiger partial charge in [0.2, 0.25) is 0 Å². The number of hydrogen-bond acceptors (Lipinski definition) is 5. The summed E-state index contributed by atoms with van der Waals surface area (Å²) in [5.74, 6) is -0.773. The zero-order valence-corrected chi connectivity index (χ0v) is 13.9. The number of anilines is 2. The van der Waals surface area contributed by atoms with Gasteiger partial charge in [-0.3, -0.25) is 0 Å². The fourth-order valence-corrected chi connectivity index (χ4v) is 2.30. The quantitative estimate of drug-likeness (QED) is 0.681. The molecule has 1 atom stereocenters. The second-order valence-electron chi connectivity index (χ2n) is 5.58. The van der Waals surface area contributed by atoms with E-state index in [0.717, 1.165) is 6.07 Å². The fraction of sp³-hybridized carbons (Fsp3) is 0.278. The van der Waals surface area contributed by atoms with E-state index in [1.54, 1.807) is 12.1 Å². The Kier molecular flexibility index (Phi) is 6.23. The van der Waals surface area contributed by atoms with Crippen LogP contribution in [0, 0.1) is 6.92 Å². The summed E-state index contributed by atoms with van der Waals surface area (Å²) in [5.41, 5.74) is -0.212. The van der Waals surface area contributed by atoms with Crippen molar-refractivity contribution in [3.63, 3.8) is 0 Å². The minimum absolute atomic E-state index is 0.00104. The number of ether oxygens (including phenoxy) is 1. The molecular formula is C18H18F3NO4. The number of para-hydroxylation sites is 1. The predicted octanol–water partition coefficient (Wildman–Crippen LogP) is 3.27. The van der Waals surface area contributed by atoms with Gasteiger partial charge in [0, 0.05) is 5.69 Å². The Morgan fingerprint density at radius 2 is 1.81 bits per heavy atom. The predicted molar refractivity (Wildman–Crippen MR) is 89.3 cm³/mol. The van der Waals surface area contributed by atoms with Crippen LogP contribution in [0.4, 0.5) is 24.5 Å². The van der Waals surface area contributed by atoms with Crippen molar-refractivity contribution in [3.8, 4) is 0 Å². The molecule has 3 N–H and O–H groups in total. The Morgan fingerprint density at radius 1 is 1.15 bits per heavy atom. The van der Waals surface area contributed by atoms with E-state index in [2.05, 4.69) is 5.32 Å². The Morgan fingerprint density at radius 3 is 2.46 bits per heavy atom. The maximum absolute atomic E-state index is 13.0. The zero-order valence-electron chi connectivity index (χ0n) is 13.9. The van der Waals surface area contributed by atoms with Crippen LogP contribution in [0.25, 0.3) is 0 Å². The number of carbonyl (C=O) groups excluding carboxylic acids is 1. The minimum atomic E-state index is -4.49. The SMILES string of the molecule is Cc1c(Nc2ccccc2C(=O)OCC(O)CO)cccc1C(F)(F)F. The van der Waals surface area contributed by atoms with Crippen molar-refractivity contribution >= 4 is 17.3 Å². The number of rotatable bonds is 6. The molecule has 0 saturated carbocycles. The Labute approximate surface area is 148 Å². The van der Waals surface area contributed by atoms with Crippen LogP contribution in [0.2, 0.25) is 0 Å². The summed E-state index contributed by atoms with van der Waals surface area (Å²) < 4.78 is 44.0. The molecule has 0 spiro atoms. The number of nitrogens with one attached hydrogen (secondary N) is 1. The molecule has 0 aliphatic carbocycles. The number of aliphatic hydroxyl groups is 2. The smallest absolute Gasteiger partial charge is 0.416 e. The van der Waals surface area contributed by atoms with Crippen LogP contribution in [0.5, 0.6) is 0 Å². The summed E-state index contributed by atoms with van der Waals surface area (Å²) in [6.07, 6.45) is -5.69. The van der Waals surface area contributed by atoms with Gasteiger partial charge in [0.05, 0.1) is 23.4 Å². The van der Waals surface area contributed by atoms with Crippen LogP contribution < -0.4 is 5.32 Å². The molecule has 0 aliphatic heterocycles. The van der Waals surface area contributed by atoms with Crippen LogP contribution in [0.1, 0.15) is 21.5 Å². The van der Waals surface area contributed by atoms with Gasteiger partial charge in [0.1, 0.15) is 12.7 Å². The van der Waals surface area contributed by atoms with Crippen molar-refractivity contribution in [3.05, 3.63) is 59.2 Å². The van der Waals surface area contributed by atoms with E-state index in [1.165, 1.54) is 31.2 Å². The molecule has 0 radical (unpaired) electrons. The molecule has 2 aromatic rings. The van der Waals surface area contributed by atoms with Crippen molar-refractivity contribution in [2.24, 2.45) is 0 Å². The Balaban J connectivity index is 2.28. The molecule has 1 unspecified atom stereocenters. The van der Waals surface area contributed by atoms with Crippen LogP contribution in [0.15, 0.2) is 42.5 Å². The molecule has 5 nitrogen and oxygen atoms in total. The van der Waals surface area contributed by atoms with Crippen molar-refractivity contribution in [2.75, 3.05) is 18.5 Å². The van der Waals surface area contributed by atoms with Gasteiger partial charge in [-0.25, -0.2) is 4.79 Å². The molecule has 0 bridgehead atoms. The number of esters is 1. The van der Waals surface area contributed by atoms with Crippen LogP contribution >= 0.6 is 0 Å². The van der Waals surface area contributed by atoms with E-state index in [9.17, 15) is 23.1 Å². The van der Waals surface area contributed by atoms with E-state index >= 15 is 0 Å². The van der Waals surface area contributed by atoms with Crippen molar-refractivity contribution in [1.29, 1.82) is 0 Å². The number of aliphatic hydroxyl groups excluding tert-OH is 2. The molecule has 0 fully saturated rings. The van der Waals surface area contributed by atoms with E-state index in [-0.39, 0.29) is 22.5 Å². The third-order valence-corrected chi connectivity index (χ3v) is 3.67. The molecule has 2 aromatic carbocycles. The third-order valence-electron chi connectivity index (χ3n) is 3.67. The lowest BCUT2D eigenvalue weighted by atomic mass is 10.1. The molecule has 0 saturated heterocycles. The highest BCUT2D eigenvalue weighted by molar-refractivity contribution is 5.96. The monoisotopic (exact) mass is 369 g/mol. The summed E-state index contributed by atoms with van der Waals surface area (Å²) in [4.78, 5) is 12.2. The number of carbonyl (C=O) groups is 1. The lowest BCUT2D eigenvalue weighted by molar-refractivity contribution is -0.138. The average molecular weight is 369 g/mol. The van der Waals surface area contributed by atoms with Crippen molar-refractivity contribution < 1.29 is 32.9 Å². The Hall–Kier alpha value is -2.58. The van der Waals surface area contributed by atoms with Gasteiger partial charge in [-0.2, -0.15) is 13.2 Å². The molecule has 8 heteroatoms. The second-order valence-corrected chi connectivity index (χ2v) is 5.58. The van der Waals surface area contributed by atoms with Crippen LogP contribution in [0.3, 0.4) is 0 Å². The largest absolute Gasteiger partial charge is 0.459 e. The number of halogens is 3. The van der Waals surface area contributed by atoms with Gasteiger partial charge < -0.3 is 20.3 Å². The third kappa shape index (κ3) is 4.74. The first-order valence-electron chi connectivity index (χ1n) is 7.73. The maximum atomic E-state index is 13.0. The highest BCUT2D eigenvalue weighted by Gasteiger charge is 2.33. The summed E-state index contributed by atoms with van der Waals surface area (Å²) in [5, 5.41) is 20.8. The first-order valence-corrected chi connectivity index (χ1v) is 7.73. The van der Waals surface area contributed by atoms with E-state index in [1.807, 2.05) is 0 Å². The first kappa shape index (κ1) is 19.7. The van der Waals surface area contributed by atoms with Crippen molar-refractivity contribution in [1.82, 2.24) is 0 Å². The zero-order chi connectivity index (χ0) is 19.3. The molecule has 0 amide bonds. The maximum Gasteiger partial charge on any atom is 0.416 e. The van der Waals surface area contributed by atoms with Crippen LogP contribution in [-0.4, -0.2) is 35.5 Å². The van der Waals surface area contributed by atoms with Crippen molar-refractivity contribution in [2.45, 2.75) is 19.2 Å². The fourth-order valence-electron chi connectivity index (χ4n) is 2.30. The molecular weight excluding hydrogens is 351 g/mol. The number of alkyl halides is 3. The van der Waals surface area contributed by atoms with Gasteiger partial charge in [0.25, 0.3) is 0 Å². The lowest BCUT2D eigenvalue weighted by Gasteiger charge is -2.17. The summed E-state index contributed by atoms with van der Waals surface area (Å²) >= 11 is 0. The normalized spacial score (nSPS) is 12.5. The first-order chi connectivity index (χ1) is 12.2. The number of hydrogen-bond donors (Lipinski definition) is 3. The lowest BCUT2D eigenvalue weighted by Crippen LogP contribution is -2.22. The number of benzene rings is 2. The molecule has 0 aliphatic rings. The van der Waals surface area contributed by atoms with Gasteiger partial charge in [-0.05, 0) is 36.8 Å². The molecule has 26 heavy (non-hydrogen) atoms. The highest BCUT2D eigenvalue weighted by atomic mass is 19.4. The molecule has 140 valence electrons. The summed E-state index contributed by atoms with van der Waals surface area (Å²) in [6.45, 7) is 0.382. The van der Waals surface area contributed by atoms with Gasteiger partial charge in [-0.1, -0.05) is 18.2 Å². The summed E-state index contributed by atoms with van der Waals surface area (Å²) in [7, 11) is 0. The average Bonchev–Trinajstić information content (AvgIpc) is 2.60. The van der Waals surface area contributed by atoms with Gasteiger partial charge in [0.15, 0.2) is 0 Å². The molecule has 2 rings (SSSR count). The molecule has 0 aromatic heterocycles. The summed E-state index contributed by atoms with van der Waals surface area (Å²) in [6, 6.07) is 9.89. The second kappa shape index (κ2) is 8.20. The topological polar surface area (TPSA) is 78.8 Å². The van der Waals surface area contributed by atoms with Gasteiger partial charge in [-0.15, -0.1) is 0 Å². The van der Waals surface area contributed by atoms with E-state index < -0.39 is 37.0 Å². The van der Waals surface area contributed by atoms with E-state index in [4.69, 9.17) is 9.84 Å². The Bertz CT molecular complexity index is 777. The van der Waals surface area contributed by atoms with Gasteiger partial charge >= 0.3 is 12.1 Å². The van der Waals surface area contributed by atoms with Crippen LogP contribution in [-0.2, 0) is 10.9 Å². The standard InChI is InChI=1S/C18H18F3NO4/c1-11-14(18(19,20)21)6-4-8-15(11)22-16-7-3-2-5-13(16)17(25)26-10-12(24)9-23/h2-8,12,22-24H,9-10H2,1H3. The molecule has 0 heterocycles. The van der Waals surface area contributed by atoms with E-state index in [0.29, 0.717) is 0 Å².